The maximum atomic E-state index is 4.39. The number of pyridine rings is 1. The van der Waals surface area contributed by atoms with Crippen molar-refractivity contribution in [3.63, 3.8) is 0 Å². The summed E-state index contributed by atoms with van der Waals surface area (Å²) in [5.74, 6) is 0.955. The van der Waals surface area contributed by atoms with Crippen LogP contribution < -0.4 is 10.2 Å². The minimum atomic E-state index is 0.0210. The summed E-state index contributed by atoms with van der Waals surface area (Å²) in [5, 5.41) is 7.75. The van der Waals surface area contributed by atoms with Gasteiger partial charge in [-0.05, 0) is 32.9 Å². The molecule has 5 nitrogen and oxygen atoms in total. The first kappa shape index (κ1) is 14.4. The molecule has 0 amide bonds. The van der Waals surface area contributed by atoms with Gasteiger partial charge in [0.05, 0.1) is 23.6 Å². The van der Waals surface area contributed by atoms with Crippen molar-refractivity contribution >= 4 is 11.5 Å². The van der Waals surface area contributed by atoms with Crippen LogP contribution in [0, 0.1) is 0 Å². The SMILES string of the molecule is CN(C)c1ccc(NCc2cnn(C(C)(C)C)c2)cn1. The van der Waals surface area contributed by atoms with E-state index in [1.54, 1.807) is 0 Å². The molecule has 0 bridgehead atoms. The van der Waals surface area contributed by atoms with Gasteiger partial charge in [-0.25, -0.2) is 4.98 Å². The van der Waals surface area contributed by atoms with E-state index in [-0.39, 0.29) is 5.54 Å². The molecule has 0 spiro atoms. The fraction of sp³-hybridized carbons (Fsp3) is 0.467. The Labute approximate surface area is 120 Å². The van der Waals surface area contributed by atoms with Crippen LogP contribution in [0.2, 0.25) is 0 Å². The van der Waals surface area contributed by atoms with Crippen molar-refractivity contribution in [1.82, 2.24) is 14.8 Å². The Hall–Kier alpha value is -2.04. The van der Waals surface area contributed by atoms with Crippen molar-refractivity contribution in [3.05, 3.63) is 36.3 Å². The molecule has 0 atom stereocenters. The van der Waals surface area contributed by atoms with Crippen molar-refractivity contribution in [3.8, 4) is 0 Å². The summed E-state index contributed by atoms with van der Waals surface area (Å²) in [6.45, 7) is 7.17. The summed E-state index contributed by atoms with van der Waals surface area (Å²) in [5.41, 5.74) is 2.20. The fourth-order valence-corrected chi connectivity index (χ4v) is 1.78. The van der Waals surface area contributed by atoms with Crippen LogP contribution in [0.4, 0.5) is 11.5 Å². The third-order valence-corrected chi connectivity index (χ3v) is 3.03. The van der Waals surface area contributed by atoms with Gasteiger partial charge in [-0.2, -0.15) is 5.10 Å². The topological polar surface area (TPSA) is 46.0 Å². The van der Waals surface area contributed by atoms with Gasteiger partial charge < -0.3 is 10.2 Å². The van der Waals surface area contributed by atoms with Crippen molar-refractivity contribution in [2.24, 2.45) is 0 Å². The number of hydrogen-bond acceptors (Lipinski definition) is 4. The molecule has 1 N–H and O–H groups in total. The van der Waals surface area contributed by atoms with Crippen LogP contribution in [0.3, 0.4) is 0 Å². The molecular weight excluding hydrogens is 250 g/mol. The molecule has 0 unspecified atom stereocenters. The van der Waals surface area contributed by atoms with E-state index in [1.807, 2.05) is 48.2 Å². The molecule has 5 heteroatoms. The largest absolute Gasteiger partial charge is 0.380 e. The van der Waals surface area contributed by atoms with Gasteiger partial charge in [0.25, 0.3) is 0 Å². The molecule has 0 aliphatic heterocycles. The second-order valence-corrected chi connectivity index (χ2v) is 6.12. The van der Waals surface area contributed by atoms with Gasteiger partial charge in [-0.15, -0.1) is 0 Å². The van der Waals surface area contributed by atoms with E-state index in [2.05, 4.69) is 42.4 Å². The maximum absolute atomic E-state index is 4.39. The zero-order valence-electron chi connectivity index (χ0n) is 12.9. The average Bonchev–Trinajstić information content (AvgIpc) is 2.85. The smallest absolute Gasteiger partial charge is 0.128 e. The van der Waals surface area contributed by atoms with Crippen molar-refractivity contribution in [1.29, 1.82) is 0 Å². The van der Waals surface area contributed by atoms with Crippen LogP contribution in [0.5, 0.6) is 0 Å². The van der Waals surface area contributed by atoms with E-state index in [0.717, 1.165) is 23.6 Å². The van der Waals surface area contributed by atoms with Crippen LogP contribution in [0.1, 0.15) is 26.3 Å². The lowest BCUT2D eigenvalue weighted by Crippen LogP contribution is -2.21. The average molecular weight is 273 g/mol. The molecule has 0 aliphatic rings. The molecule has 2 rings (SSSR count). The van der Waals surface area contributed by atoms with Gasteiger partial charge in [-0.1, -0.05) is 0 Å². The van der Waals surface area contributed by atoms with Crippen LogP contribution in [-0.4, -0.2) is 28.9 Å². The first-order chi connectivity index (χ1) is 9.36. The molecule has 0 saturated carbocycles. The third-order valence-electron chi connectivity index (χ3n) is 3.03. The number of hydrogen-bond donors (Lipinski definition) is 1. The molecule has 2 aromatic heterocycles. The fourth-order valence-electron chi connectivity index (χ4n) is 1.78. The molecular formula is C15H23N5. The van der Waals surface area contributed by atoms with Crippen LogP contribution >= 0.6 is 0 Å². The number of nitrogens with zero attached hydrogens (tertiary/aromatic N) is 4. The second kappa shape index (κ2) is 5.53. The van der Waals surface area contributed by atoms with E-state index >= 15 is 0 Å². The zero-order valence-corrected chi connectivity index (χ0v) is 12.9. The highest BCUT2D eigenvalue weighted by Crippen LogP contribution is 2.15. The Morgan fingerprint density at radius 2 is 1.95 bits per heavy atom. The molecule has 0 radical (unpaired) electrons. The lowest BCUT2D eigenvalue weighted by molar-refractivity contribution is 0.355. The Morgan fingerprint density at radius 3 is 2.45 bits per heavy atom. The quantitative estimate of drug-likeness (QED) is 0.930. The van der Waals surface area contributed by atoms with E-state index < -0.39 is 0 Å². The van der Waals surface area contributed by atoms with Gasteiger partial charge in [0.1, 0.15) is 5.82 Å². The summed E-state index contributed by atoms with van der Waals surface area (Å²) in [4.78, 5) is 6.36. The van der Waals surface area contributed by atoms with Crippen molar-refractivity contribution in [2.45, 2.75) is 32.9 Å². The van der Waals surface area contributed by atoms with Crippen LogP contribution in [0.25, 0.3) is 0 Å². The van der Waals surface area contributed by atoms with Crippen LogP contribution in [-0.2, 0) is 12.1 Å². The Balaban J connectivity index is 1.96. The number of aromatic nitrogens is 3. The Kier molecular flexibility index (Phi) is 3.97. The summed E-state index contributed by atoms with van der Waals surface area (Å²) in [7, 11) is 3.96. The maximum Gasteiger partial charge on any atom is 0.128 e. The summed E-state index contributed by atoms with van der Waals surface area (Å²) in [6, 6.07) is 4.04. The van der Waals surface area contributed by atoms with E-state index in [0.29, 0.717) is 0 Å². The Bertz CT molecular complexity index is 548. The second-order valence-electron chi connectivity index (χ2n) is 6.12. The van der Waals surface area contributed by atoms with Gasteiger partial charge in [-0.3, -0.25) is 4.68 Å². The molecule has 2 heterocycles. The van der Waals surface area contributed by atoms with E-state index in [9.17, 15) is 0 Å². The van der Waals surface area contributed by atoms with E-state index in [1.165, 1.54) is 0 Å². The number of nitrogens with one attached hydrogen (secondary N) is 1. The van der Waals surface area contributed by atoms with Gasteiger partial charge in [0.15, 0.2) is 0 Å². The highest BCUT2D eigenvalue weighted by molar-refractivity contribution is 5.48. The van der Waals surface area contributed by atoms with E-state index in [4.69, 9.17) is 0 Å². The minimum Gasteiger partial charge on any atom is -0.380 e. The summed E-state index contributed by atoms with van der Waals surface area (Å²) < 4.78 is 1.98. The lowest BCUT2D eigenvalue weighted by Gasteiger charge is -2.18. The zero-order chi connectivity index (χ0) is 14.8. The monoisotopic (exact) mass is 273 g/mol. The highest BCUT2D eigenvalue weighted by Gasteiger charge is 2.13. The standard InChI is InChI=1S/C15H23N5/c1-15(2,3)20-11-12(9-18-20)8-16-13-6-7-14(17-10-13)19(4)5/h6-7,9-11,16H,8H2,1-5H3. The minimum absolute atomic E-state index is 0.0210. The predicted octanol–water partition coefficient (Wildman–Crippen LogP) is 2.71. The predicted molar refractivity (Wildman–Crippen MR) is 83.1 cm³/mol. The molecule has 2 aromatic rings. The molecule has 20 heavy (non-hydrogen) atoms. The Morgan fingerprint density at radius 1 is 1.20 bits per heavy atom. The van der Waals surface area contributed by atoms with Gasteiger partial charge >= 0.3 is 0 Å². The molecule has 0 aliphatic carbocycles. The lowest BCUT2D eigenvalue weighted by atomic mass is 10.1. The molecule has 0 fully saturated rings. The third kappa shape index (κ3) is 3.50. The first-order valence-electron chi connectivity index (χ1n) is 6.77. The van der Waals surface area contributed by atoms with Gasteiger partial charge in [0, 0.05) is 32.4 Å². The normalized spacial score (nSPS) is 11.4. The number of rotatable bonds is 4. The molecule has 108 valence electrons. The number of anilines is 2. The summed E-state index contributed by atoms with van der Waals surface area (Å²) in [6.07, 6.45) is 5.83. The van der Waals surface area contributed by atoms with Crippen molar-refractivity contribution in [2.75, 3.05) is 24.3 Å². The highest BCUT2D eigenvalue weighted by atomic mass is 15.3. The van der Waals surface area contributed by atoms with Crippen LogP contribution in [0.15, 0.2) is 30.7 Å². The summed E-state index contributed by atoms with van der Waals surface area (Å²) >= 11 is 0. The molecule has 0 aromatic carbocycles. The molecule has 0 saturated heterocycles. The van der Waals surface area contributed by atoms with Gasteiger partial charge in [0.2, 0.25) is 0 Å². The first-order valence-corrected chi connectivity index (χ1v) is 6.77. The van der Waals surface area contributed by atoms with Crippen molar-refractivity contribution < 1.29 is 0 Å².